The van der Waals surface area contributed by atoms with Crippen LogP contribution in [0.3, 0.4) is 0 Å². The second-order valence-corrected chi connectivity index (χ2v) is 5.01. The van der Waals surface area contributed by atoms with Gasteiger partial charge in [0.25, 0.3) is 0 Å². The number of hydrogen-bond donors (Lipinski definition) is 2. The number of carbonyl (C=O) groups excluding carboxylic acids is 2. The van der Waals surface area contributed by atoms with Gasteiger partial charge in [-0.2, -0.15) is 5.10 Å². The molecule has 112 valence electrons. The number of hydrogen-bond acceptors (Lipinski definition) is 3. The summed E-state index contributed by atoms with van der Waals surface area (Å²) in [5.74, 6) is -1.63. The molecule has 0 fully saturated rings. The van der Waals surface area contributed by atoms with Crippen LogP contribution in [0.15, 0.2) is 53.6 Å². The molecule has 2 aromatic rings. The summed E-state index contributed by atoms with van der Waals surface area (Å²) in [5, 5.41) is 6.76. The van der Waals surface area contributed by atoms with Crippen molar-refractivity contribution in [1.82, 2.24) is 5.43 Å². The maximum Gasteiger partial charge on any atom is 0.329 e. The van der Waals surface area contributed by atoms with Crippen molar-refractivity contribution < 1.29 is 9.59 Å². The van der Waals surface area contributed by atoms with E-state index >= 15 is 0 Å². The number of aryl methyl sites for hydroxylation is 1. The largest absolute Gasteiger partial charge is 0.329 e. The zero-order valence-corrected chi connectivity index (χ0v) is 12.6. The van der Waals surface area contributed by atoms with Crippen LogP contribution in [0.4, 0.5) is 5.69 Å². The van der Waals surface area contributed by atoms with Crippen molar-refractivity contribution >= 4 is 35.3 Å². The Balaban J connectivity index is 1.89. The summed E-state index contributed by atoms with van der Waals surface area (Å²) in [4.78, 5) is 23.3. The van der Waals surface area contributed by atoms with Gasteiger partial charge in [-0.05, 0) is 36.8 Å². The highest BCUT2D eigenvalue weighted by atomic mass is 35.5. The molecular weight excluding hydrogens is 302 g/mol. The Kier molecular flexibility index (Phi) is 5.27. The first-order valence-electron chi connectivity index (χ1n) is 6.51. The van der Waals surface area contributed by atoms with Crippen LogP contribution in [0.1, 0.15) is 11.1 Å². The Hall–Kier alpha value is -2.66. The van der Waals surface area contributed by atoms with Gasteiger partial charge in [0.1, 0.15) is 0 Å². The van der Waals surface area contributed by atoms with Crippen molar-refractivity contribution in [1.29, 1.82) is 0 Å². The molecule has 2 aromatic carbocycles. The summed E-state index contributed by atoms with van der Waals surface area (Å²) < 4.78 is 0. The minimum atomic E-state index is -0.848. The maximum absolute atomic E-state index is 11.7. The van der Waals surface area contributed by atoms with Crippen LogP contribution in [0, 0.1) is 6.92 Å². The van der Waals surface area contributed by atoms with Gasteiger partial charge in [0.15, 0.2) is 0 Å². The maximum atomic E-state index is 11.7. The summed E-state index contributed by atoms with van der Waals surface area (Å²) in [6.45, 7) is 1.93. The van der Waals surface area contributed by atoms with E-state index < -0.39 is 11.8 Å². The minimum absolute atomic E-state index is 0.546. The van der Waals surface area contributed by atoms with Gasteiger partial charge in [-0.3, -0.25) is 9.59 Å². The lowest BCUT2D eigenvalue weighted by molar-refractivity contribution is -0.136. The van der Waals surface area contributed by atoms with Crippen LogP contribution in [-0.4, -0.2) is 18.0 Å². The van der Waals surface area contributed by atoms with Gasteiger partial charge in [0.05, 0.1) is 6.21 Å². The predicted octanol–water partition coefficient (Wildman–Crippen LogP) is 2.74. The molecule has 0 bridgehead atoms. The van der Waals surface area contributed by atoms with Crippen molar-refractivity contribution in [3.05, 3.63) is 64.7 Å². The molecule has 6 heteroatoms. The molecule has 0 aromatic heterocycles. The summed E-state index contributed by atoms with van der Waals surface area (Å²) in [7, 11) is 0. The molecule has 0 unspecified atom stereocenters. The minimum Gasteiger partial charge on any atom is -0.318 e. The molecule has 0 spiro atoms. The molecule has 0 aliphatic carbocycles. The van der Waals surface area contributed by atoms with Crippen molar-refractivity contribution in [2.24, 2.45) is 5.10 Å². The van der Waals surface area contributed by atoms with Crippen molar-refractivity contribution in [2.45, 2.75) is 6.92 Å². The number of amides is 2. The topological polar surface area (TPSA) is 70.6 Å². The molecule has 0 saturated carbocycles. The van der Waals surface area contributed by atoms with E-state index in [1.54, 1.807) is 36.4 Å². The molecule has 0 aliphatic heterocycles. The molecule has 0 atom stereocenters. The van der Waals surface area contributed by atoms with Crippen molar-refractivity contribution in [3.8, 4) is 0 Å². The SMILES string of the molecule is Cc1ccc(NC(=O)C(=O)N/N=C/c2cccc(Cl)c2)cc1. The fourth-order valence-corrected chi connectivity index (χ4v) is 1.83. The van der Waals surface area contributed by atoms with E-state index in [0.29, 0.717) is 16.3 Å². The Labute approximate surface area is 133 Å². The quantitative estimate of drug-likeness (QED) is 0.519. The molecule has 0 heterocycles. The van der Waals surface area contributed by atoms with Gasteiger partial charge in [0.2, 0.25) is 0 Å². The van der Waals surface area contributed by atoms with E-state index in [4.69, 9.17) is 11.6 Å². The number of anilines is 1. The Morgan fingerprint density at radius 3 is 2.50 bits per heavy atom. The smallest absolute Gasteiger partial charge is 0.318 e. The first-order chi connectivity index (χ1) is 10.5. The monoisotopic (exact) mass is 315 g/mol. The average Bonchev–Trinajstić information content (AvgIpc) is 2.49. The van der Waals surface area contributed by atoms with E-state index in [9.17, 15) is 9.59 Å². The molecule has 2 amide bonds. The predicted molar refractivity (Wildman–Crippen MR) is 87.0 cm³/mol. The lowest BCUT2D eigenvalue weighted by atomic mass is 10.2. The zero-order valence-electron chi connectivity index (χ0n) is 11.8. The summed E-state index contributed by atoms with van der Waals surface area (Å²) in [5.41, 5.74) is 4.48. The van der Waals surface area contributed by atoms with Gasteiger partial charge < -0.3 is 5.32 Å². The van der Waals surface area contributed by atoms with E-state index in [1.807, 2.05) is 19.1 Å². The normalized spacial score (nSPS) is 10.5. The lowest BCUT2D eigenvalue weighted by Crippen LogP contribution is -2.32. The molecule has 0 aliphatic rings. The zero-order chi connectivity index (χ0) is 15.9. The molecule has 2 rings (SSSR count). The molecule has 22 heavy (non-hydrogen) atoms. The standard InChI is InChI=1S/C16H14ClN3O2/c1-11-5-7-14(8-6-11)19-15(21)16(22)20-18-10-12-3-2-4-13(17)9-12/h2-10H,1H3,(H,19,21)(H,20,22)/b18-10+. The molecule has 0 radical (unpaired) electrons. The van der Waals surface area contributed by atoms with Gasteiger partial charge in [-0.1, -0.05) is 41.4 Å². The Morgan fingerprint density at radius 2 is 1.82 bits per heavy atom. The van der Waals surface area contributed by atoms with Crippen molar-refractivity contribution in [2.75, 3.05) is 5.32 Å². The van der Waals surface area contributed by atoms with Crippen LogP contribution in [0.25, 0.3) is 0 Å². The summed E-state index contributed by atoms with van der Waals surface area (Å²) >= 11 is 5.83. The van der Waals surface area contributed by atoms with E-state index in [2.05, 4.69) is 15.8 Å². The number of halogens is 1. The third-order valence-electron chi connectivity index (χ3n) is 2.74. The fourth-order valence-electron chi connectivity index (χ4n) is 1.63. The van der Waals surface area contributed by atoms with Gasteiger partial charge in [-0.15, -0.1) is 0 Å². The Bertz CT molecular complexity index is 712. The highest BCUT2D eigenvalue weighted by molar-refractivity contribution is 6.39. The van der Waals surface area contributed by atoms with Gasteiger partial charge >= 0.3 is 11.8 Å². The fraction of sp³-hybridized carbons (Fsp3) is 0.0625. The third kappa shape index (κ3) is 4.71. The highest BCUT2D eigenvalue weighted by Crippen LogP contribution is 2.09. The number of carbonyl (C=O) groups is 2. The second kappa shape index (κ2) is 7.38. The first kappa shape index (κ1) is 15.7. The first-order valence-corrected chi connectivity index (χ1v) is 6.89. The van der Waals surface area contributed by atoms with Crippen LogP contribution >= 0.6 is 11.6 Å². The average molecular weight is 316 g/mol. The second-order valence-electron chi connectivity index (χ2n) is 4.57. The van der Waals surface area contributed by atoms with E-state index in [-0.39, 0.29) is 0 Å². The molecule has 2 N–H and O–H groups in total. The Morgan fingerprint density at radius 1 is 1.09 bits per heavy atom. The van der Waals surface area contributed by atoms with Crippen LogP contribution < -0.4 is 10.7 Å². The third-order valence-corrected chi connectivity index (χ3v) is 2.98. The number of nitrogens with one attached hydrogen (secondary N) is 2. The number of nitrogens with zero attached hydrogens (tertiary/aromatic N) is 1. The van der Waals surface area contributed by atoms with E-state index in [0.717, 1.165) is 5.56 Å². The highest BCUT2D eigenvalue weighted by Gasteiger charge is 2.12. The molecule has 5 nitrogen and oxygen atoms in total. The number of benzene rings is 2. The summed E-state index contributed by atoms with van der Waals surface area (Å²) in [6, 6.07) is 14.1. The summed E-state index contributed by atoms with van der Waals surface area (Å²) in [6.07, 6.45) is 1.41. The van der Waals surface area contributed by atoms with Crippen LogP contribution in [-0.2, 0) is 9.59 Å². The van der Waals surface area contributed by atoms with Crippen LogP contribution in [0.2, 0.25) is 5.02 Å². The van der Waals surface area contributed by atoms with Gasteiger partial charge in [0, 0.05) is 10.7 Å². The van der Waals surface area contributed by atoms with Crippen LogP contribution in [0.5, 0.6) is 0 Å². The molecular formula is C16H14ClN3O2. The van der Waals surface area contributed by atoms with E-state index in [1.165, 1.54) is 6.21 Å². The lowest BCUT2D eigenvalue weighted by Gasteiger charge is -2.04. The molecule has 0 saturated heterocycles. The number of hydrazone groups is 1. The van der Waals surface area contributed by atoms with Crippen molar-refractivity contribution in [3.63, 3.8) is 0 Å². The van der Waals surface area contributed by atoms with Gasteiger partial charge in [-0.25, -0.2) is 5.43 Å². The number of rotatable bonds is 3.